The Morgan fingerprint density at radius 1 is 1.50 bits per heavy atom. The lowest BCUT2D eigenvalue weighted by molar-refractivity contribution is 0.0904. The van der Waals surface area contributed by atoms with E-state index >= 15 is 0 Å². The lowest BCUT2D eigenvalue weighted by atomic mass is 10.1. The van der Waals surface area contributed by atoms with Crippen molar-refractivity contribution in [1.82, 2.24) is 0 Å². The number of Topliss-reactive ketones (excluding diaryl/α,β-unsaturated/α-hetero) is 1. The topological polar surface area (TPSA) is 57.5 Å². The number of phenols is 1. The van der Waals surface area contributed by atoms with Gasteiger partial charge in [-0.05, 0) is 18.2 Å². The summed E-state index contributed by atoms with van der Waals surface area (Å²) in [6, 6.07) is 4.03. The smallest absolute Gasteiger partial charge is 0.188 e. The molecule has 3 nitrogen and oxygen atoms in total. The number of aromatic hydroxyl groups is 1. The molecule has 64 valence electrons. The van der Waals surface area contributed by atoms with Gasteiger partial charge in [0.15, 0.2) is 5.78 Å². The molecule has 0 spiro atoms. The quantitative estimate of drug-likeness (QED) is 0.683. The van der Waals surface area contributed by atoms with Crippen molar-refractivity contribution >= 4 is 17.4 Å². The molecule has 0 aliphatic rings. The molecule has 1 aromatic carbocycles. The second-order valence-electron chi connectivity index (χ2n) is 2.25. The molecule has 0 unspecified atom stereocenters. The molecule has 0 saturated carbocycles. The van der Waals surface area contributed by atoms with Crippen LogP contribution in [0.15, 0.2) is 18.2 Å². The third-order valence-corrected chi connectivity index (χ3v) is 1.72. The van der Waals surface area contributed by atoms with Crippen molar-refractivity contribution in [2.75, 3.05) is 6.61 Å². The summed E-state index contributed by atoms with van der Waals surface area (Å²) in [5, 5.41) is 17.6. The Kier molecular flexibility index (Phi) is 2.68. The summed E-state index contributed by atoms with van der Waals surface area (Å²) >= 11 is 5.53. The van der Waals surface area contributed by atoms with E-state index in [1.54, 1.807) is 0 Å². The van der Waals surface area contributed by atoms with Crippen molar-refractivity contribution in [3.05, 3.63) is 28.8 Å². The fourth-order valence-corrected chi connectivity index (χ4v) is 0.952. The van der Waals surface area contributed by atoms with Crippen LogP contribution in [0.5, 0.6) is 5.75 Å². The summed E-state index contributed by atoms with van der Waals surface area (Å²) in [4.78, 5) is 10.9. The second kappa shape index (κ2) is 3.56. The third-order valence-electron chi connectivity index (χ3n) is 1.41. The summed E-state index contributed by atoms with van der Waals surface area (Å²) in [5.74, 6) is -0.497. The number of aliphatic hydroxyl groups is 1. The Bertz CT molecular complexity index is 309. The minimum absolute atomic E-state index is 0.0776. The van der Waals surface area contributed by atoms with Crippen molar-refractivity contribution in [1.29, 1.82) is 0 Å². The number of phenolic OH excluding ortho intramolecular Hbond substituents is 1. The normalized spacial score (nSPS) is 9.83. The molecular formula is C8H7ClO3. The monoisotopic (exact) mass is 186 g/mol. The van der Waals surface area contributed by atoms with E-state index in [4.69, 9.17) is 21.8 Å². The highest BCUT2D eigenvalue weighted by Gasteiger charge is 2.06. The molecule has 0 heterocycles. The molecule has 0 aliphatic carbocycles. The van der Waals surface area contributed by atoms with E-state index in [1.807, 2.05) is 0 Å². The summed E-state index contributed by atoms with van der Waals surface area (Å²) in [5.41, 5.74) is 0.292. The number of carbonyl (C=O) groups is 1. The minimum atomic E-state index is -0.554. The number of hydrogen-bond donors (Lipinski definition) is 2. The first-order valence-electron chi connectivity index (χ1n) is 3.27. The Labute approximate surface area is 74.2 Å². The molecule has 12 heavy (non-hydrogen) atoms. The van der Waals surface area contributed by atoms with Gasteiger partial charge in [0, 0.05) is 5.56 Å². The van der Waals surface area contributed by atoms with E-state index in [1.165, 1.54) is 18.2 Å². The van der Waals surface area contributed by atoms with Crippen molar-refractivity contribution in [2.24, 2.45) is 0 Å². The summed E-state index contributed by atoms with van der Waals surface area (Å²) in [6.07, 6.45) is 0. The number of benzene rings is 1. The second-order valence-corrected chi connectivity index (χ2v) is 2.65. The summed E-state index contributed by atoms with van der Waals surface area (Å²) in [6.45, 7) is -0.554. The zero-order valence-corrected chi connectivity index (χ0v) is 6.88. The maximum absolute atomic E-state index is 10.9. The molecule has 0 radical (unpaired) electrons. The van der Waals surface area contributed by atoms with E-state index in [9.17, 15) is 4.79 Å². The zero-order chi connectivity index (χ0) is 9.14. The number of aliphatic hydroxyl groups excluding tert-OH is 1. The highest BCUT2D eigenvalue weighted by atomic mass is 35.5. The predicted octanol–water partition coefficient (Wildman–Crippen LogP) is 1.22. The van der Waals surface area contributed by atoms with Gasteiger partial charge in [0.1, 0.15) is 12.4 Å². The van der Waals surface area contributed by atoms with Crippen LogP contribution in [-0.4, -0.2) is 22.6 Å². The maximum Gasteiger partial charge on any atom is 0.188 e. The van der Waals surface area contributed by atoms with Crippen LogP contribution in [0.3, 0.4) is 0 Å². The Morgan fingerprint density at radius 2 is 2.17 bits per heavy atom. The molecule has 0 bridgehead atoms. The number of carbonyl (C=O) groups excluding carboxylic acids is 1. The minimum Gasteiger partial charge on any atom is -0.506 e. The molecule has 1 rings (SSSR count). The van der Waals surface area contributed by atoms with Crippen molar-refractivity contribution < 1.29 is 15.0 Å². The molecule has 2 N–H and O–H groups in total. The van der Waals surface area contributed by atoms with Crippen LogP contribution in [-0.2, 0) is 0 Å². The van der Waals surface area contributed by atoms with Gasteiger partial charge in [-0.1, -0.05) is 11.6 Å². The highest BCUT2D eigenvalue weighted by Crippen LogP contribution is 2.23. The van der Waals surface area contributed by atoms with Gasteiger partial charge in [-0.2, -0.15) is 0 Å². The average molecular weight is 187 g/mol. The van der Waals surface area contributed by atoms with Crippen LogP contribution in [0.2, 0.25) is 5.02 Å². The van der Waals surface area contributed by atoms with Gasteiger partial charge in [0.25, 0.3) is 0 Å². The van der Waals surface area contributed by atoms with Gasteiger partial charge in [0.2, 0.25) is 0 Å². The Balaban J connectivity index is 3.05. The van der Waals surface area contributed by atoms with Gasteiger partial charge >= 0.3 is 0 Å². The van der Waals surface area contributed by atoms with Crippen molar-refractivity contribution in [3.8, 4) is 5.75 Å². The van der Waals surface area contributed by atoms with E-state index in [0.717, 1.165) is 0 Å². The first-order chi connectivity index (χ1) is 5.65. The van der Waals surface area contributed by atoms with Crippen LogP contribution in [0.1, 0.15) is 10.4 Å². The molecule has 0 atom stereocenters. The first-order valence-corrected chi connectivity index (χ1v) is 3.65. The molecule has 0 aliphatic heterocycles. The highest BCUT2D eigenvalue weighted by molar-refractivity contribution is 6.32. The van der Waals surface area contributed by atoms with Gasteiger partial charge in [-0.3, -0.25) is 4.79 Å². The molecule has 1 aromatic rings. The fourth-order valence-electron chi connectivity index (χ4n) is 0.772. The van der Waals surface area contributed by atoms with Gasteiger partial charge in [0.05, 0.1) is 5.02 Å². The fraction of sp³-hybridized carbons (Fsp3) is 0.125. The summed E-state index contributed by atoms with van der Waals surface area (Å²) in [7, 11) is 0. The lowest BCUT2D eigenvalue weighted by Gasteiger charge is -1.99. The van der Waals surface area contributed by atoms with Crippen LogP contribution >= 0.6 is 11.6 Å². The van der Waals surface area contributed by atoms with Gasteiger partial charge in [-0.15, -0.1) is 0 Å². The van der Waals surface area contributed by atoms with Gasteiger partial charge in [-0.25, -0.2) is 0 Å². The SMILES string of the molecule is O=C(CO)c1ccc(O)c(Cl)c1. The molecule has 0 saturated heterocycles. The molecule has 0 fully saturated rings. The van der Waals surface area contributed by atoms with E-state index in [-0.39, 0.29) is 10.8 Å². The van der Waals surface area contributed by atoms with E-state index < -0.39 is 12.4 Å². The molecular weight excluding hydrogens is 180 g/mol. The molecule has 0 aromatic heterocycles. The van der Waals surface area contributed by atoms with Crippen LogP contribution in [0, 0.1) is 0 Å². The zero-order valence-electron chi connectivity index (χ0n) is 6.12. The van der Waals surface area contributed by atoms with Crippen molar-refractivity contribution in [3.63, 3.8) is 0 Å². The molecule has 4 heteroatoms. The van der Waals surface area contributed by atoms with Gasteiger partial charge < -0.3 is 10.2 Å². The number of halogens is 1. The summed E-state index contributed by atoms with van der Waals surface area (Å²) < 4.78 is 0. The first kappa shape index (κ1) is 9.03. The maximum atomic E-state index is 10.9. The van der Waals surface area contributed by atoms with Crippen molar-refractivity contribution in [2.45, 2.75) is 0 Å². The van der Waals surface area contributed by atoms with Crippen LogP contribution in [0.25, 0.3) is 0 Å². The molecule has 0 amide bonds. The number of ketones is 1. The Morgan fingerprint density at radius 3 is 2.67 bits per heavy atom. The Hall–Kier alpha value is -1.06. The average Bonchev–Trinajstić information content (AvgIpc) is 2.08. The van der Waals surface area contributed by atoms with E-state index in [2.05, 4.69) is 0 Å². The lowest BCUT2D eigenvalue weighted by Crippen LogP contribution is -2.03. The third kappa shape index (κ3) is 1.75. The largest absolute Gasteiger partial charge is 0.506 e. The standard InChI is InChI=1S/C8H7ClO3/c9-6-3-5(8(12)4-10)1-2-7(6)11/h1-3,10-11H,4H2. The van der Waals surface area contributed by atoms with Crippen LogP contribution in [0.4, 0.5) is 0 Å². The predicted molar refractivity (Wildman–Crippen MR) is 44.5 cm³/mol. The van der Waals surface area contributed by atoms with Crippen LogP contribution < -0.4 is 0 Å². The number of rotatable bonds is 2. The number of hydrogen-bond acceptors (Lipinski definition) is 3. The van der Waals surface area contributed by atoms with E-state index in [0.29, 0.717) is 5.56 Å².